The summed E-state index contributed by atoms with van der Waals surface area (Å²) in [5, 5.41) is 12.2. The molecule has 1 unspecified atom stereocenters. The third-order valence-corrected chi connectivity index (χ3v) is 1.40. The van der Waals surface area contributed by atoms with Crippen molar-refractivity contribution in [2.45, 2.75) is 32.4 Å². The predicted octanol–water partition coefficient (Wildman–Crippen LogP) is -0.0916. The Labute approximate surface area is 72.9 Å². The van der Waals surface area contributed by atoms with Gasteiger partial charge in [-0.15, -0.1) is 0 Å². The van der Waals surface area contributed by atoms with Crippen molar-refractivity contribution in [1.29, 1.82) is 0 Å². The Balaban J connectivity index is 3.72. The smallest absolute Gasteiger partial charge is 0.322 e. The van der Waals surface area contributed by atoms with Gasteiger partial charge in [-0.2, -0.15) is 0 Å². The van der Waals surface area contributed by atoms with Gasteiger partial charge in [0.15, 0.2) is 0 Å². The van der Waals surface area contributed by atoms with E-state index in [1.54, 1.807) is 20.8 Å². The number of carbonyl (C=O) groups is 1. The average molecular weight is 175 g/mol. The van der Waals surface area contributed by atoms with Crippen LogP contribution in [0.3, 0.4) is 0 Å². The highest BCUT2D eigenvalue weighted by Crippen LogP contribution is 1.98. The largest absolute Gasteiger partial charge is 0.468 e. The molecule has 0 amide bonds. The van der Waals surface area contributed by atoms with Crippen LogP contribution in [0.15, 0.2) is 0 Å². The fraction of sp³-hybridized carbons (Fsp3) is 0.875. The fourth-order valence-corrected chi connectivity index (χ4v) is 0.663. The normalized spacial score (nSPS) is 14.1. The highest BCUT2D eigenvalue weighted by Gasteiger charge is 2.17. The van der Waals surface area contributed by atoms with Gasteiger partial charge in [0.1, 0.15) is 6.04 Å². The maximum atomic E-state index is 10.9. The number of hydrogen-bond donors (Lipinski definition) is 2. The molecule has 0 heterocycles. The summed E-state index contributed by atoms with van der Waals surface area (Å²) >= 11 is 0. The fourth-order valence-electron chi connectivity index (χ4n) is 0.663. The quantitative estimate of drug-likeness (QED) is 0.586. The lowest BCUT2D eigenvalue weighted by atomic mass is 10.1. The zero-order chi connectivity index (χ0) is 9.78. The number of carbonyl (C=O) groups excluding carboxylic acids is 1. The first-order valence-electron chi connectivity index (χ1n) is 3.90. The lowest BCUT2D eigenvalue weighted by molar-refractivity contribution is -0.142. The molecule has 0 aromatic heterocycles. The summed E-state index contributed by atoms with van der Waals surface area (Å²) in [6.45, 7) is 5.40. The van der Waals surface area contributed by atoms with Crippen molar-refractivity contribution in [2.75, 3.05) is 13.7 Å². The molecule has 4 heteroatoms. The summed E-state index contributed by atoms with van der Waals surface area (Å²) in [4.78, 5) is 10.9. The molecule has 0 aliphatic carbocycles. The van der Waals surface area contributed by atoms with Crippen LogP contribution in [0.2, 0.25) is 0 Å². The van der Waals surface area contributed by atoms with Gasteiger partial charge >= 0.3 is 5.97 Å². The maximum Gasteiger partial charge on any atom is 0.322 e. The second kappa shape index (κ2) is 4.42. The van der Waals surface area contributed by atoms with Crippen LogP contribution in [0.5, 0.6) is 0 Å². The van der Waals surface area contributed by atoms with Gasteiger partial charge in [0.2, 0.25) is 0 Å². The first-order chi connectivity index (χ1) is 5.37. The average Bonchev–Trinajstić information content (AvgIpc) is 1.97. The summed E-state index contributed by atoms with van der Waals surface area (Å²) < 4.78 is 4.49. The molecule has 0 aromatic rings. The van der Waals surface area contributed by atoms with Gasteiger partial charge < -0.3 is 15.2 Å². The Bertz CT molecular complexity index is 151. The SMILES string of the molecule is COC(=O)C(C)NCC(C)(C)O. The molecular formula is C8H17NO3. The van der Waals surface area contributed by atoms with Crippen LogP contribution in [0, 0.1) is 0 Å². The molecule has 0 aliphatic heterocycles. The minimum atomic E-state index is -0.803. The number of rotatable bonds is 4. The van der Waals surface area contributed by atoms with E-state index in [1.807, 2.05) is 0 Å². The van der Waals surface area contributed by atoms with Gasteiger partial charge in [-0.25, -0.2) is 0 Å². The van der Waals surface area contributed by atoms with E-state index in [0.717, 1.165) is 0 Å². The molecule has 0 bridgehead atoms. The van der Waals surface area contributed by atoms with Crippen LogP contribution < -0.4 is 5.32 Å². The number of esters is 1. The lowest BCUT2D eigenvalue weighted by Gasteiger charge is -2.20. The van der Waals surface area contributed by atoms with E-state index in [-0.39, 0.29) is 12.0 Å². The minimum Gasteiger partial charge on any atom is -0.468 e. The van der Waals surface area contributed by atoms with Gasteiger partial charge in [0, 0.05) is 6.54 Å². The summed E-state index contributed by atoms with van der Waals surface area (Å²) in [5.41, 5.74) is -0.803. The predicted molar refractivity (Wildman–Crippen MR) is 45.8 cm³/mol. The number of aliphatic hydroxyl groups is 1. The highest BCUT2D eigenvalue weighted by atomic mass is 16.5. The molecule has 0 spiro atoms. The van der Waals surface area contributed by atoms with Crippen molar-refractivity contribution >= 4 is 5.97 Å². The Morgan fingerprint density at radius 2 is 2.17 bits per heavy atom. The van der Waals surface area contributed by atoms with E-state index in [9.17, 15) is 9.90 Å². The molecule has 12 heavy (non-hydrogen) atoms. The van der Waals surface area contributed by atoms with Crippen molar-refractivity contribution < 1.29 is 14.6 Å². The lowest BCUT2D eigenvalue weighted by Crippen LogP contribution is -2.43. The monoisotopic (exact) mass is 175 g/mol. The van der Waals surface area contributed by atoms with Crippen LogP contribution in [-0.2, 0) is 9.53 Å². The number of ether oxygens (including phenoxy) is 1. The molecule has 0 saturated carbocycles. The van der Waals surface area contributed by atoms with E-state index in [4.69, 9.17) is 0 Å². The Morgan fingerprint density at radius 3 is 2.50 bits per heavy atom. The van der Waals surface area contributed by atoms with Gasteiger partial charge in [-0.3, -0.25) is 4.79 Å². The summed E-state index contributed by atoms with van der Waals surface area (Å²) in [5.74, 6) is -0.320. The number of methoxy groups -OCH3 is 1. The topological polar surface area (TPSA) is 58.6 Å². The van der Waals surface area contributed by atoms with Crippen LogP contribution >= 0.6 is 0 Å². The van der Waals surface area contributed by atoms with E-state index in [2.05, 4.69) is 10.1 Å². The molecule has 2 N–H and O–H groups in total. The third kappa shape index (κ3) is 5.09. The van der Waals surface area contributed by atoms with Gasteiger partial charge in [-0.1, -0.05) is 0 Å². The molecular weight excluding hydrogens is 158 g/mol. The molecule has 0 fully saturated rings. The Morgan fingerprint density at radius 1 is 1.67 bits per heavy atom. The van der Waals surface area contributed by atoms with Gasteiger partial charge in [-0.05, 0) is 20.8 Å². The number of hydrogen-bond acceptors (Lipinski definition) is 4. The first kappa shape index (κ1) is 11.4. The van der Waals surface area contributed by atoms with Crippen LogP contribution in [-0.4, -0.2) is 36.4 Å². The second-order valence-corrected chi connectivity index (χ2v) is 3.44. The molecule has 0 aromatic carbocycles. The molecule has 1 atom stereocenters. The zero-order valence-electron chi connectivity index (χ0n) is 8.05. The second-order valence-electron chi connectivity index (χ2n) is 3.44. The molecule has 72 valence electrons. The van der Waals surface area contributed by atoms with E-state index in [1.165, 1.54) is 7.11 Å². The van der Waals surface area contributed by atoms with Crippen molar-refractivity contribution in [1.82, 2.24) is 5.32 Å². The molecule has 4 nitrogen and oxygen atoms in total. The van der Waals surface area contributed by atoms with Crippen molar-refractivity contribution in [3.05, 3.63) is 0 Å². The van der Waals surface area contributed by atoms with Crippen LogP contribution in [0.4, 0.5) is 0 Å². The van der Waals surface area contributed by atoms with Crippen LogP contribution in [0.1, 0.15) is 20.8 Å². The summed E-state index contributed by atoms with van der Waals surface area (Å²) in [6.07, 6.45) is 0. The van der Waals surface area contributed by atoms with E-state index in [0.29, 0.717) is 6.54 Å². The van der Waals surface area contributed by atoms with Crippen molar-refractivity contribution in [3.63, 3.8) is 0 Å². The Hall–Kier alpha value is -0.610. The van der Waals surface area contributed by atoms with Crippen molar-refractivity contribution in [3.8, 4) is 0 Å². The third-order valence-electron chi connectivity index (χ3n) is 1.40. The molecule has 0 radical (unpaired) electrons. The number of nitrogens with one attached hydrogen (secondary N) is 1. The van der Waals surface area contributed by atoms with E-state index < -0.39 is 5.60 Å². The maximum absolute atomic E-state index is 10.9. The van der Waals surface area contributed by atoms with Crippen molar-refractivity contribution in [2.24, 2.45) is 0 Å². The highest BCUT2D eigenvalue weighted by molar-refractivity contribution is 5.75. The summed E-state index contributed by atoms with van der Waals surface area (Å²) in [6, 6.07) is -0.374. The van der Waals surface area contributed by atoms with E-state index >= 15 is 0 Å². The zero-order valence-corrected chi connectivity index (χ0v) is 8.05. The standard InChI is InChI=1S/C8H17NO3/c1-6(7(10)12-4)9-5-8(2,3)11/h6,9,11H,5H2,1-4H3. The Kier molecular flexibility index (Phi) is 4.20. The summed E-state index contributed by atoms with van der Waals surface area (Å²) in [7, 11) is 1.34. The van der Waals surface area contributed by atoms with Gasteiger partial charge in [0.25, 0.3) is 0 Å². The molecule has 0 saturated heterocycles. The van der Waals surface area contributed by atoms with Gasteiger partial charge in [0.05, 0.1) is 12.7 Å². The minimum absolute atomic E-state index is 0.320. The van der Waals surface area contributed by atoms with Crippen LogP contribution in [0.25, 0.3) is 0 Å². The molecule has 0 rings (SSSR count). The first-order valence-corrected chi connectivity index (χ1v) is 3.90. The molecule has 0 aliphatic rings.